The van der Waals surface area contributed by atoms with Crippen molar-refractivity contribution >= 4 is 38.8 Å². The molecule has 3 aromatic rings. The molecule has 0 unspecified atom stereocenters. The molecule has 2 aromatic carbocycles. The molecule has 4 heteroatoms. The van der Waals surface area contributed by atoms with E-state index in [-0.39, 0.29) is 12.2 Å². The van der Waals surface area contributed by atoms with Crippen LogP contribution in [-0.2, 0) is 6.42 Å². The number of hydrogen-bond acceptors (Lipinski definition) is 2. The van der Waals surface area contributed by atoms with E-state index in [2.05, 4.69) is 0 Å². The van der Waals surface area contributed by atoms with Crippen LogP contribution in [0.5, 0.6) is 0 Å². The summed E-state index contributed by atoms with van der Waals surface area (Å²) in [5.74, 6) is -0.514. The number of ketones is 1. The fourth-order valence-electron chi connectivity index (χ4n) is 2.04. The average molecular weight is 305 g/mol. The predicted molar refractivity (Wildman–Crippen MR) is 81.3 cm³/mol. The Morgan fingerprint density at radius 3 is 2.70 bits per heavy atom. The highest BCUT2D eigenvalue weighted by molar-refractivity contribution is 7.20. The summed E-state index contributed by atoms with van der Waals surface area (Å²) in [6.07, 6.45) is 0.0514. The van der Waals surface area contributed by atoms with Crippen molar-refractivity contribution < 1.29 is 9.18 Å². The minimum absolute atomic E-state index is 0.0514. The molecule has 0 amide bonds. The minimum Gasteiger partial charge on any atom is -0.293 e. The Bertz CT molecular complexity index is 761. The molecule has 0 radical (unpaired) electrons. The van der Waals surface area contributed by atoms with Crippen LogP contribution in [0.25, 0.3) is 10.1 Å². The lowest BCUT2D eigenvalue weighted by molar-refractivity contribution is 0.0995. The van der Waals surface area contributed by atoms with Crippen LogP contribution in [0.2, 0.25) is 5.02 Å². The number of carbonyl (C=O) groups excluding carboxylic acids is 1. The predicted octanol–water partition coefficient (Wildman–Crippen LogP) is 5.12. The van der Waals surface area contributed by atoms with E-state index >= 15 is 0 Å². The largest absolute Gasteiger partial charge is 0.293 e. The van der Waals surface area contributed by atoms with Crippen LogP contribution < -0.4 is 0 Å². The molecule has 0 aliphatic rings. The highest BCUT2D eigenvalue weighted by Gasteiger charge is 2.13. The second-order valence-electron chi connectivity index (χ2n) is 4.48. The second-order valence-corrected chi connectivity index (χ2v) is 6.00. The van der Waals surface area contributed by atoms with Crippen molar-refractivity contribution in [1.29, 1.82) is 0 Å². The lowest BCUT2D eigenvalue weighted by atomic mass is 10.1. The van der Waals surface area contributed by atoms with E-state index in [1.807, 2.05) is 30.3 Å². The van der Waals surface area contributed by atoms with Crippen molar-refractivity contribution in [1.82, 2.24) is 0 Å². The summed E-state index contributed by atoms with van der Waals surface area (Å²) < 4.78 is 14.8. The maximum absolute atomic E-state index is 13.7. The van der Waals surface area contributed by atoms with Crippen molar-refractivity contribution in [2.75, 3.05) is 0 Å². The lowest BCUT2D eigenvalue weighted by Crippen LogP contribution is -2.03. The fraction of sp³-hybridized carbons (Fsp3) is 0.0625. The molecule has 0 bridgehead atoms. The summed E-state index contributed by atoms with van der Waals surface area (Å²) in [7, 11) is 0. The monoisotopic (exact) mass is 304 g/mol. The van der Waals surface area contributed by atoms with Gasteiger partial charge in [0.2, 0.25) is 0 Å². The molecule has 0 aliphatic heterocycles. The first-order valence-corrected chi connectivity index (χ1v) is 7.28. The van der Waals surface area contributed by atoms with Crippen LogP contribution in [0.15, 0.2) is 48.5 Å². The van der Waals surface area contributed by atoms with Gasteiger partial charge in [-0.15, -0.1) is 11.3 Å². The Morgan fingerprint density at radius 2 is 1.95 bits per heavy atom. The Balaban J connectivity index is 1.89. The van der Waals surface area contributed by atoms with Gasteiger partial charge in [-0.05, 0) is 35.2 Å². The Labute approximate surface area is 124 Å². The van der Waals surface area contributed by atoms with Crippen molar-refractivity contribution in [3.05, 3.63) is 69.8 Å². The summed E-state index contributed by atoms with van der Waals surface area (Å²) in [5, 5.41) is 1.37. The topological polar surface area (TPSA) is 17.1 Å². The van der Waals surface area contributed by atoms with Gasteiger partial charge in [-0.3, -0.25) is 4.79 Å². The van der Waals surface area contributed by atoms with Crippen molar-refractivity contribution in [3.63, 3.8) is 0 Å². The zero-order valence-corrected chi connectivity index (χ0v) is 12.0. The van der Waals surface area contributed by atoms with Crippen LogP contribution in [0.4, 0.5) is 4.39 Å². The number of benzene rings is 2. The normalized spacial score (nSPS) is 10.9. The molecular formula is C16H10ClFOS. The van der Waals surface area contributed by atoms with E-state index in [1.54, 1.807) is 12.1 Å². The third-order valence-corrected chi connectivity index (χ3v) is 4.46. The van der Waals surface area contributed by atoms with E-state index in [4.69, 9.17) is 11.6 Å². The molecule has 1 nitrogen and oxygen atoms in total. The van der Waals surface area contributed by atoms with E-state index in [1.165, 1.54) is 17.4 Å². The fourth-order valence-corrected chi connectivity index (χ4v) is 3.20. The Hall–Kier alpha value is -1.71. The molecular weight excluding hydrogens is 295 g/mol. The molecule has 100 valence electrons. The minimum atomic E-state index is -0.438. The highest BCUT2D eigenvalue weighted by Crippen LogP contribution is 2.26. The van der Waals surface area contributed by atoms with E-state index < -0.39 is 5.82 Å². The molecule has 20 heavy (non-hydrogen) atoms. The highest BCUT2D eigenvalue weighted by atomic mass is 35.5. The average Bonchev–Trinajstić information content (AvgIpc) is 2.86. The van der Waals surface area contributed by atoms with E-state index in [9.17, 15) is 9.18 Å². The van der Waals surface area contributed by atoms with Gasteiger partial charge >= 0.3 is 0 Å². The first-order chi connectivity index (χ1) is 9.63. The molecule has 0 fully saturated rings. The van der Waals surface area contributed by atoms with Gasteiger partial charge in [0.15, 0.2) is 5.78 Å². The maximum Gasteiger partial charge on any atom is 0.177 e. The number of fused-ring (bicyclic) bond motifs is 1. The quantitative estimate of drug-likeness (QED) is 0.614. The third kappa shape index (κ3) is 2.60. The number of hydrogen-bond donors (Lipinski definition) is 0. The van der Waals surface area contributed by atoms with Gasteiger partial charge in [-0.2, -0.15) is 0 Å². The maximum atomic E-state index is 13.7. The molecule has 3 rings (SSSR count). The van der Waals surface area contributed by atoms with Gasteiger partial charge in [0.1, 0.15) is 5.82 Å². The first kappa shape index (κ1) is 13.3. The molecule has 1 heterocycles. The Kier molecular flexibility index (Phi) is 3.55. The Morgan fingerprint density at radius 1 is 1.15 bits per heavy atom. The second kappa shape index (κ2) is 5.35. The zero-order chi connectivity index (χ0) is 14.1. The molecule has 0 aliphatic carbocycles. The van der Waals surface area contributed by atoms with Crippen LogP contribution in [0.3, 0.4) is 0 Å². The molecule has 0 saturated carbocycles. The van der Waals surface area contributed by atoms with Gasteiger partial charge in [0.05, 0.1) is 4.88 Å². The van der Waals surface area contributed by atoms with Gasteiger partial charge in [-0.1, -0.05) is 35.9 Å². The molecule has 0 spiro atoms. The van der Waals surface area contributed by atoms with Gasteiger partial charge < -0.3 is 0 Å². The van der Waals surface area contributed by atoms with E-state index in [0.717, 1.165) is 10.1 Å². The SMILES string of the molecule is O=C(Cc1ccc(Cl)cc1F)c1cc2ccccc2s1. The summed E-state index contributed by atoms with van der Waals surface area (Å²) >= 11 is 7.14. The molecule has 0 saturated heterocycles. The van der Waals surface area contributed by atoms with Crippen molar-refractivity contribution in [2.24, 2.45) is 0 Å². The zero-order valence-electron chi connectivity index (χ0n) is 10.4. The molecule has 0 atom stereocenters. The smallest absolute Gasteiger partial charge is 0.177 e. The van der Waals surface area contributed by atoms with E-state index in [0.29, 0.717) is 15.5 Å². The molecule has 0 N–H and O–H groups in total. The van der Waals surface area contributed by atoms with Gasteiger partial charge in [0, 0.05) is 16.1 Å². The number of thiophene rings is 1. The van der Waals surface area contributed by atoms with Crippen LogP contribution >= 0.6 is 22.9 Å². The van der Waals surface area contributed by atoms with Crippen LogP contribution in [-0.4, -0.2) is 5.78 Å². The summed E-state index contributed by atoms with van der Waals surface area (Å²) in [4.78, 5) is 12.9. The number of halogens is 2. The molecule has 1 aromatic heterocycles. The summed E-state index contributed by atoms with van der Waals surface area (Å²) in [5.41, 5.74) is 0.372. The standard InChI is InChI=1S/C16H10ClFOS/c17-12-6-5-10(13(18)9-12)7-14(19)16-8-11-3-1-2-4-15(11)20-16/h1-6,8-9H,7H2. The first-order valence-electron chi connectivity index (χ1n) is 6.09. The third-order valence-electron chi connectivity index (χ3n) is 3.07. The number of carbonyl (C=O) groups is 1. The van der Waals surface area contributed by atoms with Gasteiger partial charge in [0.25, 0.3) is 0 Å². The van der Waals surface area contributed by atoms with Crippen molar-refractivity contribution in [3.8, 4) is 0 Å². The number of rotatable bonds is 3. The lowest BCUT2D eigenvalue weighted by Gasteiger charge is -2.01. The number of Topliss-reactive ketones (excluding diaryl/α,β-unsaturated/α-hetero) is 1. The van der Waals surface area contributed by atoms with Crippen LogP contribution in [0, 0.1) is 5.82 Å². The summed E-state index contributed by atoms with van der Waals surface area (Å²) in [6.45, 7) is 0. The van der Waals surface area contributed by atoms with Crippen molar-refractivity contribution in [2.45, 2.75) is 6.42 Å². The summed E-state index contributed by atoms with van der Waals surface area (Å²) in [6, 6.07) is 14.0. The van der Waals surface area contributed by atoms with Gasteiger partial charge in [-0.25, -0.2) is 4.39 Å². The van der Waals surface area contributed by atoms with Crippen LogP contribution in [0.1, 0.15) is 15.2 Å².